The van der Waals surface area contributed by atoms with Crippen LogP contribution < -0.4 is 4.74 Å². The molecule has 0 aliphatic rings. The SMILES string of the molecule is COc1c[c]ccc1.C[CH2][Mg][Br]. The van der Waals surface area contributed by atoms with Crippen LogP contribution in [0.15, 0.2) is 24.3 Å². The van der Waals surface area contributed by atoms with Gasteiger partial charge in [0.05, 0.1) is 7.11 Å². The predicted molar refractivity (Wildman–Crippen MR) is 57.0 cm³/mol. The second-order valence-electron chi connectivity index (χ2n) is 2.13. The van der Waals surface area contributed by atoms with Crippen LogP contribution in [0, 0.1) is 6.07 Å². The van der Waals surface area contributed by atoms with Crippen LogP contribution in [-0.4, -0.2) is 25.3 Å². The largest absolute Gasteiger partial charge is 0.497 e. The average Bonchev–Trinajstić information content (AvgIpc) is 2.19. The average molecular weight is 240 g/mol. The molecule has 0 saturated carbocycles. The first kappa shape index (κ1) is 12.3. The zero-order valence-corrected chi connectivity index (χ0v) is 10.5. The van der Waals surface area contributed by atoms with Crippen LogP contribution in [-0.2, 0) is 0 Å². The summed E-state index contributed by atoms with van der Waals surface area (Å²) in [7, 11) is 1.64. The summed E-state index contributed by atoms with van der Waals surface area (Å²) in [5, 5.41) is 0. The Kier molecular flexibility index (Phi) is 9.56. The highest BCUT2D eigenvalue weighted by atomic mass is 79.9. The molecule has 1 aromatic rings. The lowest BCUT2D eigenvalue weighted by molar-refractivity contribution is 0.414. The molecule has 0 aliphatic heterocycles. The van der Waals surface area contributed by atoms with E-state index < -0.39 is 0 Å². The van der Waals surface area contributed by atoms with Gasteiger partial charge in [0.25, 0.3) is 0 Å². The van der Waals surface area contributed by atoms with Gasteiger partial charge in [-0.05, 0) is 18.2 Å². The van der Waals surface area contributed by atoms with Crippen molar-refractivity contribution in [2.24, 2.45) is 0 Å². The number of halogens is 1. The van der Waals surface area contributed by atoms with Crippen LogP contribution in [0.1, 0.15) is 6.92 Å². The monoisotopic (exact) mass is 239 g/mol. The van der Waals surface area contributed by atoms with Gasteiger partial charge in [-0.1, -0.05) is 19.1 Å². The van der Waals surface area contributed by atoms with E-state index in [-0.39, 0.29) is 18.2 Å². The van der Waals surface area contributed by atoms with Crippen molar-refractivity contribution in [2.45, 2.75) is 11.5 Å². The van der Waals surface area contributed by atoms with Crippen molar-refractivity contribution in [3.8, 4) is 5.75 Å². The maximum absolute atomic E-state index is 4.88. The third-order valence-electron chi connectivity index (χ3n) is 1.10. The number of rotatable bonds is 2. The van der Waals surface area contributed by atoms with Gasteiger partial charge in [-0.3, -0.25) is 0 Å². The lowest BCUT2D eigenvalue weighted by Crippen LogP contribution is -1.78. The van der Waals surface area contributed by atoms with Crippen LogP contribution in [0.4, 0.5) is 0 Å². The zero-order valence-electron chi connectivity index (χ0n) is 7.51. The smallest absolute Gasteiger partial charge is 0.468 e. The Balaban J connectivity index is 0.000000261. The lowest BCUT2D eigenvalue weighted by Gasteiger charge is -1.93. The minimum absolute atomic E-state index is 0.237. The van der Waals surface area contributed by atoms with Crippen LogP contribution in [0.25, 0.3) is 0 Å². The molecule has 63 valence electrons. The predicted octanol–water partition coefficient (Wildman–Crippen LogP) is 2.93. The first-order chi connectivity index (χ1) is 5.85. The summed E-state index contributed by atoms with van der Waals surface area (Å²) in [5.41, 5.74) is 0. The fourth-order valence-electron chi connectivity index (χ4n) is 0.504. The zero-order chi connectivity index (χ0) is 9.23. The second kappa shape index (κ2) is 9.35. The van der Waals surface area contributed by atoms with Crippen LogP contribution in [0.2, 0.25) is 4.55 Å². The molecule has 0 saturated heterocycles. The van der Waals surface area contributed by atoms with Gasteiger partial charge in [0.15, 0.2) is 0 Å². The Hall–Kier alpha value is 0.266. The van der Waals surface area contributed by atoms with Gasteiger partial charge in [0.1, 0.15) is 5.75 Å². The highest BCUT2D eigenvalue weighted by Gasteiger charge is 1.80. The van der Waals surface area contributed by atoms with E-state index >= 15 is 0 Å². The van der Waals surface area contributed by atoms with Crippen molar-refractivity contribution in [1.82, 2.24) is 0 Å². The fourth-order valence-corrected chi connectivity index (χ4v) is 0.504. The van der Waals surface area contributed by atoms with Crippen molar-refractivity contribution in [3.05, 3.63) is 30.3 Å². The standard InChI is InChI=1S/C7H7O.C2H5.BrH.Mg/c1-8-7-5-3-2-4-6-7;1-2;;/h2-3,5-6H,1H3;1H2,2H3;1H;/q;;;+1/p-1. The third kappa shape index (κ3) is 6.94. The molecular weight excluding hydrogens is 228 g/mol. The molecule has 0 fully saturated rings. The summed E-state index contributed by atoms with van der Waals surface area (Å²) in [6, 6.07) is 10.3. The Morgan fingerprint density at radius 2 is 2.33 bits per heavy atom. The van der Waals surface area contributed by atoms with E-state index in [2.05, 4.69) is 25.9 Å². The highest BCUT2D eigenvalue weighted by molar-refractivity contribution is 9.23. The van der Waals surface area contributed by atoms with Crippen LogP contribution in [0.5, 0.6) is 5.75 Å². The molecule has 12 heavy (non-hydrogen) atoms. The molecule has 1 nitrogen and oxygen atoms in total. The number of hydrogen-bond donors (Lipinski definition) is 0. The molecule has 0 spiro atoms. The third-order valence-corrected chi connectivity index (χ3v) is 3.86. The van der Waals surface area contributed by atoms with Gasteiger partial charge in [-0.25, -0.2) is 0 Å². The summed E-state index contributed by atoms with van der Waals surface area (Å²) >= 11 is 3.62. The summed E-state index contributed by atoms with van der Waals surface area (Å²) in [4.78, 5) is 0. The van der Waals surface area contributed by atoms with Crippen molar-refractivity contribution in [3.63, 3.8) is 0 Å². The van der Waals surface area contributed by atoms with E-state index in [1.165, 1.54) is 4.55 Å². The van der Waals surface area contributed by atoms with E-state index in [1.807, 2.05) is 18.2 Å². The van der Waals surface area contributed by atoms with E-state index in [0.29, 0.717) is 0 Å². The molecular formula is C9H12BrMgO. The molecule has 0 unspecified atom stereocenters. The number of methoxy groups -OCH3 is 1. The highest BCUT2D eigenvalue weighted by Crippen LogP contribution is 2.04. The van der Waals surface area contributed by atoms with Crippen LogP contribution in [0.3, 0.4) is 0 Å². The normalized spacial score (nSPS) is 7.58. The maximum atomic E-state index is 4.88. The Morgan fingerprint density at radius 3 is 2.58 bits per heavy atom. The topological polar surface area (TPSA) is 9.23 Å². The Morgan fingerprint density at radius 1 is 1.67 bits per heavy atom. The molecule has 0 atom stereocenters. The summed E-state index contributed by atoms with van der Waals surface area (Å²) < 4.78 is 6.26. The molecule has 0 aliphatic carbocycles. The quantitative estimate of drug-likeness (QED) is 0.722. The number of benzene rings is 1. The van der Waals surface area contributed by atoms with Gasteiger partial charge < -0.3 is 17.6 Å². The number of ether oxygens (including phenoxy) is 1. The Labute approximate surface area is 90.1 Å². The molecule has 1 radical (unpaired) electrons. The van der Waals surface area contributed by atoms with Crippen LogP contribution >= 0.6 is 12.9 Å². The lowest BCUT2D eigenvalue weighted by atomic mass is 10.3. The van der Waals surface area contributed by atoms with Crippen molar-refractivity contribution in [1.29, 1.82) is 0 Å². The van der Waals surface area contributed by atoms with Gasteiger partial charge in [0.2, 0.25) is 0 Å². The number of hydrogen-bond acceptors (Lipinski definition) is 1. The fraction of sp³-hybridized carbons (Fsp3) is 0.333. The van der Waals surface area contributed by atoms with Crippen molar-refractivity contribution in [2.75, 3.05) is 7.11 Å². The molecule has 0 N–H and O–H groups in total. The maximum Gasteiger partial charge on any atom is 0.468 e. The van der Waals surface area contributed by atoms with E-state index in [9.17, 15) is 0 Å². The van der Waals surface area contributed by atoms with E-state index in [1.54, 1.807) is 13.2 Å². The van der Waals surface area contributed by atoms with E-state index in [0.717, 1.165) is 5.75 Å². The first-order valence-electron chi connectivity index (χ1n) is 3.91. The summed E-state index contributed by atoms with van der Waals surface area (Å²) in [6.45, 7) is 2.20. The summed E-state index contributed by atoms with van der Waals surface area (Å²) in [6.07, 6.45) is 0. The molecule has 0 aromatic heterocycles. The Bertz CT molecular complexity index is 177. The molecule has 0 amide bonds. The van der Waals surface area contributed by atoms with E-state index in [4.69, 9.17) is 4.74 Å². The minimum Gasteiger partial charge on any atom is -0.497 e. The van der Waals surface area contributed by atoms with Gasteiger partial charge >= 0.3 is 18.2 Å². The first-order valence-corrected chi connectivity index (χ1v) is 8.81. The second-order valence-corrected chi connectivity index (χ2v) is 5.89. The van der Waals surface area contributed by atoms with Crippen molar-refractivity contribution >= 4 is 31.1 Å². The van der Waals surface area contributed by atoms with Gasteiger partial charge in [-0.2, -0.15) is 0 Å². The molecule has 3 heteroatoms. The van der Waals surface area contributed by atoms with Gasteiger partial charge in [0, 0.05) is 0 Å². The van der Waals surface area contributed by atoms with Gasteiger partial charge in [-0.15, -0.1) is 4.55 Å². The molecule has 0 bridgehead atoms. The molecule has 1 aromatic carbocycles. The summed E-state index contributed by atoms with van der Waals surface area (Å²) in [5.74, 6) is 0.854. The molecule has 1 rings (SSSR count). The minimum atomic E-state index is 0.237. The molecule has 0 heterocycles. The van der Waals surface area contributed by atoms with Crippen molar-refractivity contribution < 1.29 is 4.74 Å².